The largest absolute Gasteiger partial charge is 0 e. The summed E-state index contributed by atoms with van der Waals surface area (Å²) in [6.07, 6.45) is 22.3. The Morgan fingerprint density at radius 1 is 0.440 bits per heavy atom. The Morgan fingerprint density at radius 3 is 0.720 bits per heavy atom. The molecule has 0 spiro atoms. The average Bonchev–Trinajstić information content (AvgIpc) is 3.39. The van der Waals surface area contributed by atoms with Crippen LogP contribution in [-0.2, 0) is 48.1 Å². The van der Waals surface area contributed by atoms with Crippen LogP contribution in [0.2, 0.25) is 0 Å². The first kappa shape index (κ1) is 36.6. The summed E-state index contributed by atoms with van der Waals surface area (Å²) < 4.78 is 22.5. The van der Waals surface area contributed by atoms with E-state index < -0.39 is 0 Å². The molecule has 1 unspecified atom stereocenters. The SMILES string of the molecule is C1CCCC1.C1CCCC1.PC1CCCCC1.[C-]#[O+].[C-]#[O+].[C-]#[O+].[Fe].[Fe]. The predicted octanol–water partition coefficient (Wildman–Crippen LogP) is 5.98. The van der Waals surface area contributed by atoms with Gasteiger partial charge in [-0.2, -0.15) is 0 Å². The predicted molar refractivity (Wildman–Crippen MR) is 94.5 cm³/mol. The molecular weight excluding hydrogens is 419 g/mol. The van der Waals surface area contributed by atoms with Crippen molar-refractivity contribution < 1.29 is 48.1 Å². The zero-order chi connectivity index (χ0) is 18.2. The molecule has 0 N–H and O–H groups in total. The second-order valence-corrected chi connectivity index (χ2v) is 6.88. The molecule has 0 heterocycles. The van der Waals surface area contributed by atoms with E-state index in [2.05, 4.69) is 29.2 Å². The van der Waals surface area contributed by atoms with E-state index in [9.17, 15) is 0 Å². The Labute approximate surface area is 178 Å². The van der Waals surface area contributed by atoms with E-state index in [1.165, 1.54) is 96.3 Å². The molecule has 0 radical (unpaired) electrons. The molecule has 3 fully saturated rings. The third-order valence-corrected chi connectivity index (χ3v) is 4.82. The molecule has 3 nitrogen and oxygen atoms in total. The molecule has 3 rings (SSSR count). The van der Waals surface area contributed by atoms with Gasteiger partial charge in [-0.1, -0.05) is 83.5 Å². The van der Waals surface area contributed by atoms with Gasteiger partial charge in [0.2, 0.25) is 0 Å². The van der Waals surface area contributed by atoms with Gasteiger partial charge in [-0.15, -0.1) is 9.24 Å². The first-order valence-electron chi connectivity index (χ1n) is 8.76. The maximum absolute atomic E-state index is 7.50. The number of hydrogen-bond donors (Lipinski definition) is 0. The monoisotopic (exact) mass is 452 g/mol. The summed E-state index contributed by atoms with van der Waals surface area (Å²) in [7, 11) is 2.91. The smallest absolute Gasteiger partial charge is 0 e. The van der Waals surface area contributed by atoms with Crippen LogP contribution in [0.25, 0.3) is 0 Å². The van der Waals surface area contributed by atoms with Crippen molar-refractivity contribution in [2.24, 2.45) is 0 Å². The maximum Gasteiger partial charge on any atom is 0 e. The molecule has 0 aromatic heterocycles. The van der Waals surface area contributed by atoms with Crippen LogP contribution < -0.4 is 0 Å². The van der Waals surface area contributed by atoms with Gasteiger partial charge in [-0.05, 0) is 18.5 Å². The average molecular weight is 452 g/mol. The molecule has 0 saturated heterocycles. The molecule has 25 heavy (non-hydrogen) atoms. The fourth-order valence-corrected chi connectivity index (χ4v) is 3.37. The first-order valence-corrected chi connectivity index (χ1v) is 9.43. The molecule has 0 amide bonds. The minimum absolute atomic E-state index is 0. The third-order valence-electron chi connectivity index (χ3n) is 4.15. The van der Waals surface area contributed by atoms with Crippen molar-refractivity contribution in [3.63, 3.8) is 0 Å². The van der Waals surface area contributed by atoms with Crippen LogP contribution in [0.15, 0.2) is 0 Å². The summed E-state index contributed by atoms with van der Waals surface area (Å²) in [4.78, 5) is 0. The van der Waals surface area contributed by atoms with Crippen LogP contribution >= 0.6 is 9.24 Å². The van der Waals surface area contributed by atoms with Crippen LogP contribution in [0.1, 0.15) is 96.3 Å². The quantitative estimate of drug-likeness (QED) is 0.188. The molecule has 3 aliphatic carbocycles. The van der Waals surface area contributed by atoms with Gasteiger partial charge in [0.25, 0.3) is 0 Å². The van der Waals surface area contributed by atoms with Crippen molar-refractivity contribution in [2.75, 3.05) is 0 Å². The van der Waals surface area contributed by atoms with Crippen molar-refractivity contribution in [1.29, 1.82) is 0 Å². The minimum atomic E-state index is 0. The fraction of sp³-hybridized carbons (Fsp3) is 0.842. The molecule has 3 aliphatic rings. The Balaban J connectivity index is -0.0000000680. The van der Waals surface area contributed by atoms with Crippen molar-refractivity contribution in [1.82, 2.24) is 0 Å². The maximum atomic E-state index is 7.50. The summed E-state index contributed by atoms with van der Waals surface area (Å²) in [6.45, 7) is 13.5. The van der Waals surface area contributed by atoms with Crippen LogP contribution in [0, 0.1) is 20.0 Å². The Bertz CT molecular complexity index is 218. The normalized spacial score (nSPS) is 16.9. The van der Waals surface area contributed by atoms with Crippen molar-refractivity contribution in [3.8, 4) is 0 Å². The fourth-order valence-electron chi connectivity index (χ4n) is 2.90. The number of rotatable bonds is 0. The van der Waals surface area contributed by atoms with E-state index in [0.29, 0.717) is 0 Å². The summed E-state index contributed by atoms with van der Waals surface area (Å²) >= 11 is 0. The van der Waals surface area contributed by atoms with Gasteiger partial charge in [-0.3, -0.25) is 0 Å². The summed E-state index contributed by atoms with van der Waals surface area (Å²) in [5.74, 6) is 0. The molecule has 0 aliphatic heterocycles. The molecular formula is C19H33Fe2O3P. The first-order chi connectivity index (χ1) is 11.4. The number of hydrogen-bond acceptors (Lipinski definition) is 0. The molecule has 0 aromatic rings. The summed E-state index contributed by atoms with van der Waals surface area (Å²) in [5.41, 5.74) is 0.953. The summed E-state index contributed by atoms with van der Waals surface area (Å²) in [5, 5.41) is 0. The standard InChI is InChI=1S/C6H13P.2C5H10.3CO.2Fe/c7-6-4-2-1-3-5-6;2*1-2-4-5-3-1;3*1-2;;/h6H,1-5,7H2;2*1-5H2;;;;;. The van der Waals surface area contributed by atoms with E-state index in [-0.39, 0.29) is 34.1 Å². The molecule has 1 atom stereocenters. The molecule has 148 valence electrons. The summed E-state index contributed by atoms with van der Waals surface area (Å²) in [6, 6.07) is 0. The van der Waals surface area contributed by atoms with Crippen LogP contribution in [0.3, 0.4) is 0 Å². The van der Waals surface area contributed by atoms with Gasteiger partial charge < -0.3 is 0 Å². The van der Waals surface area contributed by atoms with Gasteiger partial charge in [0.1, 0.15) is 0 Å². The second kappa shape index (κ2) is 39.7. The minimum Gasteiger partial charge on any atom is 0 e. The Morgan fingerprint density at radius 2 is 0.600 bits per heavy atom. The van der Waals surface area contributed by atoms with Gasteiger partial charge in [0.15, 0.2) is 0 Å². The van der Waals surface area contributed by atoms with Gasteiger partial charge in [-0.25, -0.2) is 0 Å². The van der Waals surface area contributed by atoms with E-state index in [4.69, 9.17) is 14.0 Å². The van der Waals surface area contributed by atoms with E-state index in [1.807, 2.05) is 0 Å². The van der Waals surface area contributed by atoms with Crippen LogP contribution in [0.5, 0.6) is 0 Å². The molecule has 6 heteroatoms. The van der Waals surface area contributed by atoms with E-state index in [0.717, 1.165) is 5.66 Å². The second-order valence-electron chi connectivity index (χ2n) is 5.93. The van der Waals surface area contributed by atoms with Crippen molar-refractivity contribution in [2.45, 2.75) is 102 Å². The topological polar surface area (TPSA) is 59.7 Å². The van der Waals surface area contributed by atoms with Crippen LogP contribution in [-0.4, -0.2) is 5.66 Å². The zero-order valence-corrected chi connectivity index (χ0v) is 18.6. The van der Waals surface area contributed by atoms with Crippen LogP contribution in [0.4, 0.5) is 0 Å². The molecule has 3 saturated carbocycles. The van der Waals surface area contributed by atoms with Crippen molar-refractivity contribution >= 4 is 9.24 Å². The van der Waals surface area contributed by atoms with E-state index in [1.54, 1.807) is 0 Å². The Kier molecular flexibility index (Phi) is 58.0. The zero-order valence-electron chi connectivity index (χ0n) is 15.2. The van der Waals surface area contributed by atoms with Gasteiger partial charge in [0, 0.05) is 34.1 Å². The molecule has 0 bridgehead atoms. The Hall–Kier alpha value is 0.689. The third kappa shape index (κ3) is 36.4. The van der Waals surface area contributed by atoms with Crippen molar-refractivity contribution in [3.05, 3.63) is 20.0 Å². The van der Waals surface area contributed by atoms with Gasteiger partial charge >= 0.3 is 33.9 Å². The van der Waals surface area contributed by atoms with E-state index >= 15 is 0 Å². The molecule has 0 aromatic carbocycles. The van der Waals surface area contributed by atoms with Gasteiger partial charge in [0.05, 0.1) is 0 Å².